The topological polar surface area (TPSA) is 84.9 Å². The Morgan fingerprint density at radius 1 is 1.14 bits per heavy atom. The van der Waals surface area contributed by atoms with Crippen molar-refractivity contribution >= 4 is 21.6 Å². The minimum atomic E-state index is -3.70. The lowest BCUT2D eigenvalue weighted by atomic mass is 10.2. The predicted molar refractivity (Wildman–Crippen MR) is 114 cm³/mol. The molecule has 1 amide bonds. The number of nitrogens with one attached hydrogen (secondary N) is 1. The number of aryl methyl sites for hydroxylation is 1. The predicted octanol–water partition coefficient (Wildman–Crippen LogP) is 2.74. The van der Waals surface area contributed by atoms with Gasteiger partial charge in [-0.15, -0.1) is 0 Å². The molecule has 0 aromatic heterocycles. The van der Waals surface area contributed by atoms with Gasteiger partial charge in [0.2, 0.25) is 15.9 Å². The van der Waals surface area contributed by atoms with Gasteiger partial charge in [-0.05, 0) is 44.5 Å². The quantitative estimate of drug-likeness (QED) is 0.674. The Morgan fingerprint density at radius 3 is 2.45 bits per heavy atom. The number of benzene rings is 2. The zero-order chi connectivity index (χ0) is 21.6. The van der Waals surface area contributed by atoms with Gasteiger partial charge in [-0.1, -0.05) is 24.3 Å². The first kappa shape index (κ1) is 22.5. The van der Waals surface area contributed by atoms with Gasteiger partial charge in [0.1, 0.15) is 24.1 Å². The van der Waals surface area contributed by atoms with Crippen molar-refractivity contribution in [1.29, 1.82) is 0 Å². The average Bonchev–Trinajstić information content (AvgIpc) is 2.66. The first-order chi connectivity index (χ1) is 13.6. The van der Waals surface area contributed by atoms with Crippen molar-refractivity contribution in [2.45, 2.75) is 32.9 Å². The number of carbonyl (C=O) groups is 1. The Balaban J connectivity index is 2.09. The molecule has 0 unspecified atom stereocenters. The van der Waals surface area contributed by atoms with Crippen LogP contribution in [0.3, 0.4) is 0 Å². The number of hydrogen-bond donors (Lipinski definition) is 1. The summed E-state index contributed by atoms with van der Waals surface area (Å²) in [4.78, 5) is 12.7. The summed E-state index contributed by atoms with van der Waals surface area (Å²) in [5.74, 6) is 0.832. The Morgan fingerprint density at radius 2 is 1.83 bits per heavy atom. The Kier molecular flexibility index (Phi) is 7.50. The lowest BCUT2D eigenvalue weighted by Gasteiger charge is -2.29. The van der Waals surface area contributed by atoms with E-state index in [1.54, 1.807) is 38.1 Å². The molecule has 0 fully saturated rings. The molecule has 0 aliphatic carbocycles. The van der Waals surface area contributed by atoms with E-state index in [4.69, 9.17) is 9.47 Å². The minimum absolute atomic E-state index is 0.265. The number of hydrogen-bond acceptors (Lipinski definition) is 5. The molecular weight excluding hydrogens is 392 g/mol. The molecule has 29 heavy (non-hydrogen) atoms. The third kappa shape index (κ3) is 6.12. The summed E-state index contributed by atoms with van der Waals surface area (Å²) in [6.07, 6.45) is 1.07. The fraction of sp³-hybridized carbons (Fsp3) is 0.381. The molecule has 0 aliphatic heterocycles. The largest absolute Gasteiger partial charge is 0.497 e. The molecule has 2 rings (SSSR count). The van der Waals surface area contributed by atoms with Crippen molar-refractivity contribution in [2.75, 3.05) is 24.3 Å². The first-order valence-corrected chi connectivity index (χ1v) is 11.1. The molecule has 0 aliphatic rings. The van der Waals surface area contributed by atoms with E-state index in [0.717, 1.165) is 21.9 Å². The molecule has 2 aromatic rings. The van der Waals surface area contributed by atoms with Gasteiger partial charge in [-0.3, -0.25) is 9.10 Å². The van der Waals surface area contributed by atoms with Crippen LogP contribution in [-0.4, -0.2) is 46.4 Å². The summed E-state index contributed by atoms with van der Waals surface area (Å²) in [5, 5.41) is 2.82. The van der Waals surface area contributed by atoms with Crippen LogP contribution in [0.25, 0.3) is 0 Å². The number of amides is 1. The molecule has 8 heteroatoms. The molecule has 158 valence electrons. The van der Waals surface area contributed by atoms with Gasteiger partial charge < -0.3 is 14.8 Å². The van der Waals surface area contributed by atoms with Crippen molar-refractivity contribution in [3.05, 3.63) is 54.1 Å². The minimum Gasteiger partial charge on any atom is -0.497 e. The molecule has 0 spiro atoms. The molecular formula is C21H28N2O5S. The fourth-order valence-corrected chi connectivity index (χ4v) is 4.06. The molecule has 2 aromatic carbocycles. The summed E-state index contributed by atoms with van der Waals surface area (Å²) >= 11 is 0. The third-order valence-corrected chi connectivity index (χ3v) is 5.61. The standard InChI is InChI=1S/C21H28N2O5S/c1-15-9-6-7-12-20(15)28-14-16(2)22-21(24)17(3)23(29(5,25)26)18-10-8-11-19(13-18)27-4/h6-13,16-17H,14H2,1-5H3,(H,22,24)/t16-,17+/m1/s1. The number of carbonyl (C=O) groups excluding carboxylic acids is 1. The van der Waals surface area contributed by atoms with Gasteiger partial charge in [0.15, 0.2) is 0 Å². The van der Waals surface area contributed by atoms with Crippen molar-refractivity contribution in [3.8, 4) is 11.5 Å². The maximum absolute atomic E-state index is 12.7. The number of rotatable bonds is 9. The molecule has 0 saturated carbocycles. The Hall–Kier alpha value is -2.74. The highest BCUT2D eigenvalue weighted by Gasteiger charge is 2.30. The maximum atomic E-state index is 12.7. The van der Waals surface area contributed by atoms with Crippen LogP contribution >= 0.6 is 0 Å². The Bertz CT molecular complexity index is 946. The second kappa shape index (κ2) is 9.65. The van der Waals surface area contributed by atoms with Crippen LogP contribution in [0.2, 0.25) is 0 Å². The third-order valence-electron chi connectivity index (χ3n) is 4.37. The van der Waals surface area contributed by atoms with Gasteiger partial charge in [0, 0.05) is 6.07 Å². The van der Waals surface area contributed by atoms with E-state index in [9.17, 15) is 13.2 Å². The zero-order valence-electron chi connectivity index (χ0n) is 17.4. The fourth-order valence-electron chi connectivity index (χ4n) is 2.89. The second-order valence-corrected chi connectivity index (χ2v) is 8.78. The molecule has 0 radical (unpaired) electrons. The SMILES string of the molecule is COc1cccc(N([C@@H](C)C(=O)N[C@H](C)COc2ccccc2C)S(C)(=O)=O)c1. The van der Waals surface area contributed by atoms with Crippen molar-refractivity contribution in [1.82, 2.24) is 5.32 Å². The number of ether oxygens (including phenoxy) is 2. The summed E-state index contributed by atoms with van der Waals surface area (Å²) in [7, 11) is -2.20. The monoisotopic (exact) mass is 420 g/mol. The number of sulfonamides is 1. The van der Waals surface area contributed by atoms with Crippen LogP contribution < -0.4 is 19.1 Å². The van der Waals surface area contributed by atoms with Crippen molar-refractivity contribution in [3.63, 3.8) is 0 Å². The molecule has 2 atom stereocenters. The summed E-state index contributed by atoms with van der Waals surface area (Å²) in [6, 6.07) is 12.9. The molecule has 1 N–H and O–H groups in total. The zero-order valence-corrected chi connectivity index (χ0v) is 18.2. The van der Waals surface area contributed by atoms with Crippen LogP contribution in [-0.2, 0) is 14.8 Å². The van der Waals surface area contributed by atoms with E-state index in [-0.39, 0.29) is 12.6 Å². The van der Waals surface area contributed by atoms with Crippen LogP contribution in [0, 0.1) is 6.92 Å². The maximum Gasteiger partial charge on any atom is 0.243 e. The molecule has 7 nitrogen and oxygen atoms in total. The van der Waals surface area contributed by atoms with Crippen LogP contribution in [0.1, 0.15) is 19.4 Å². The molecule has 0 bridgehead atoms. The normalized spacial score (nSPS) is 13.3. The lowest BCUT2D eigenvalue weighted by Crippen LogP contribution is -2.50. The van der Waals surface area contributed by atoms with Crippen LogP contribution in [0.15, 0.2) is 48.5 Å². The van der Waals surface area contributed by atoms with E-state index >= 15 is 0 Å². The number of methoxy groups -OCH3 is 1. The van der Waals surface area contributed by atoms with E-state index < -0.39 is 22.0 Å². The number of para-hydroxylation sites is 1. The first-order valence-electron chi connectivity index (χ1n) is 9.25. The van der Waals surface area contributed by atoms with Crippen LogP contribution in [0.4, 0.5) is 5.69 Å². The molecule has 0 heterocycles. The van der Waals surface area contributed by atoms with E-state index in [2.05, 4.69) is 5.32 Å². The van der Waals surface area contributed by atoms with Crippen molar-refractivity contribution < 1.29 is 22.7 Å². The second-order valence-electron chi connectivity index (χ2n) is 6.92. The summed E-state index contributed by atoms with van der Waals surface area (Å²) < 4.78 is 36.8. The highest BCUT2D eigenvalue weighted by Crippen LogP contribution is 2.25. The summed E-state index contributed by atoms with van der Waals surface area (Å²) in [6.45, 7) is 5.56. The van der Waals surface area contributed by atoms with Crippen LogP contribution in [0.5, 0.6) is 11.5 Å². The van der Waals surface area contributed by atoms with E-state index in [1.807, 2.05) is 31.2 Å². The Labute approximate surface area is 172 Å². The summed E-state index contributed by atoms with van der Waals surface area (Å²) in [5.41, 5.74) is 1.36. The highest BCUT2D eigenvalue weighted by atomic mass is 32.2. The van der Waals surface area contributed by atoms with E-state index in [1.165, 1.54) is 7.11 Å². The van der Waals surface area contributed by atoms with Gasteiger partial charge in [0.05, 0.1) is 25.1 Å². The number of anilines is 1. The lowest BCUT2D eigenvalue weighted by molar-refractivity contribution is -0.122. The number of nitrogens with zero attached hydrogens (tertiary/aromatic N) is 1. The van der Waals surface area contributed by atoms with Gasteiger partial charge in [0.25, 0.3) is 0 Å². The smallest absolute Gasteiger partial charge is 0.243 e. The average molecular weight is 421 g/mol. The highest BCUT2D eigenvalue weighted by molar-refractivity contribution is 7.92. The van der Waals surface area contributed by atoms with Crippen molar-refractivity contribution in [2.24, 2.45) is 0 Å². The van der Waals surface area contributed by atoms with Gasteiger partial charge in [-0.2, -0.15) is 0 Å². The molecule has 0 saturated heterocycles. The van der Waals surface area contributed by atoms with Gasteiger partial charge >= 0.3 is 0 Å². The van der Waals surface area contributed by atoms with Gasteiger partial charge in [-0.25, -0.2) is 8.42 Å². The van der Waals surface area contributed by atoms with E-state index in [0.29, 0.717) is 11.4 Å².